The number of rotatable bonds is 11. The van der Waals surface area contributed by atoms with Gasteiger partial charge in [0.15, 0.2) is 5.65 Å². The lowest BCUT2D eigenvalue weighted by molar-refractivity contribution is 0.174. The van der Waals surface area contributed by atoms with E-state index < -0.39 is 21.4 Å². The normalized spacial score (nSPS) is 17.2. The van der Waals surface area contributed by atoms with Crippen molar-refractivity contribution >= 4 is 32.8 Å². The third-order valence-electron chi connectivity index (χ3n) is 8.35. The van der Waals surface area contributed by atoms with Crippen molar-refractivity contribution in [1.82, 2.24) is 24.4 Å². The Balaban J connectivity index is 1.38. The number of anilines is 2. The smallest absolute Gasteiger partial charge is 0.278 e. The van der Waals surface area contributed by atoms with Crippen LogP contribution in [0.15, 0.2) is 53.5 Å². The van der Waals surface area contributed by atoms with Crippen LogP contribution in [0, 0.1) is 12.7 Å². The first-order chi connectivity index (χ1) is 21.5. The average molecular weight is 640 g/mol. The van der Waals surface area contributed by atoms with Gasteiger partial charge < -0.3 is 10.2 Å². The van der Waals surface area contributed by atoms with Gasteiger partial charge >= 0.3 is 0 Å². The second-order valence-corrected chi connectivity index (χ2v) is 13.7. The third kappa shape index (κ3) is 7.47. The second-order valence-electron chi connectivity index (χ2n) is 11.9. The van der Waals surface area contributed by atoms with E-state index in [0.29, 0.717) is 35.3 Å². The molecule has 0 aliphatic heterocycles. The molecular formula is C32H39F2N7O3S. The van der Waals surface area contributed by atoms with Gasteiger partial charge in [-0.2, -0.15) is 4.98 Å². The Morgan fingerprint density at radius 1 is 1.09 bits per heavy atom. The van der Waals surface area contributed by atoms with Gasteiger partial charge in [0.1, 0.15) is 23.7 Å². The van der Waals surface area contributed by atoms with Crippen LogP contribution >= 0.6 is 0 Å². The van der Waals surface area contributed by atoms with Crippen LogP contribution in [0.25, 0.3) is 22.4 Å². The van der Waals surface area contributed by atoms with Gasteiger partial charge in [0.25, 0.3) is 5.56 Å². The third-order valence-corrected chi connectivity index (χ3v) is 9.58. The van der Waals surface area contributed by atoms with Crippen LogP contribution in [0.5, 0.6) is 0 Å². The molecule has 1 saturated carbocycles. The number of aryl methyl sites for hydroxylation is 1. The van der Waals surface area contributed by atoms with Crippen molar-refractivity contribution in [2.24, 2.45) is 0 Å². The van der Waals surface area contributed by atoms with Gasteiger partial charge in [-0.15, -0.1) is 0 Å². The molecule has 0 atom stereocenters. The van der Waals surface area contributed by atoms with Crippen LogP contribution in [-0.4, -0.2) is 65.2 Å². The summed E-state index contributed by atoms with van der Waals surface area (Å²) in [6.07, 6.45) is 5.19. The maximum atomic E-state index is 15.3. The summed E-state index contributed by atoms with van der Waals surface area (Å²) in [6, 6.07) is 11.2. The molecule has 2 aromatic heterocycles. The first-order valence-corrected chi connectivity index (χ1v) is 16.8. The molecule has 0 amide bonds. The van der Waals surface area contributed by atoms with Gasteiger partial charge in [0, 0.05) is 30.2 Å². The zero-order chi connectivity index (χ0) is 32.3. The Hall–Kier alpha value is -3.97. The number of alkyl halides is 1. The number of fused-ring (bicyclic) bond motifs is 1. The molecule has 1 aliphatic rings. The zero-order valence-electron chi connectivity index (χ0n) is 25.9. The minimum atomic E-state index is -3.90. The average Bonchev–Trinajstić information content (AvgIpc) is 2.99. The molecule has 5 rings (SSSR count). The number of nitrogens with one attached hydrogen (secondary N) is 2. The van der Waals surface area contributed by atoms with Crippen molar-refractivity contribution in [2.45, 2.75) is 70.3 Å². The first-order valence-electron chi connectivity index (χ1n) is 15.1. The molecular weight excluding hydrogens is 600 g/mol. The van der Waals surface area contributed by atoms with E-state index in [9.17, 15) is 17.6 Å². The molecule has 1 aliphatic carbocycles. The molecule has 0 unspecified atom stereocenters. The van der Waals surface area contributed by atoms with Crippen LogP contribution in [0.2, 0.25) is 0 Å². The van der Waals surface area contributed by atoms with Crippen molar-refractivity contribution in [3.63, 3.8) is 0 Å². The van der Waals surface area contributed by atoms with E-state index in [1.54, 1.807) is 12.1 Å². The molecule has 1 fully saturated rings. The summed E-state index contributed by atoms with van der Waals surface area (Å²) in [6.45, 7) is 5.59. The van der Waals surface area contributed by atoms with E-state index in [2.05, 4.69) is 29.9 Å². The molecule has 0 spiro atoms. The summed E-state index contributed by atoms with van der Waals surface area (Å²) in [5.74, 6) is -0.748. The number of nitrogens with zero attached hydrogens (tertiary/aromatic N) is 5. The van der Waals surface area contributed by atoms with E-state index in [0.717, 1.165) is 37.3 Å². The minimum Gasteiger partial charge on any atom is -0.351 e. The molecule has 2 N–H and O–H groups in total. The standard InChI is InChI=1S/C32H39F2N7O3S/c1-20(2)41-30-28(18-35-32(38-30)36-24-10-12-25(13-11-24)40(4)16-15-33)37-29(31(41)42)22-9-14-27(26(34)17-22)39-45(43,44)19-23-8-6-5-7-21(23)3/h5-9,14,17-18,20,24-25,39H,10-13,15-16,19H2,1-4H3,(H,35,36,38). The Kier molecular flexibility index (Phi) is 9.78. The van der Waals surface area contributed by atoms with Gasteiger partial charge in [-0.1, -0.05) is 30.3 Å². The number of sulfonamides is 1. The predicted octanol–water partition coefficient (Wildman–Crippen LogP) is 5.45. The van der Waals surface area contributed by atoms with Gasteiger partial charge in [-0.05, 0) is 76.8 Å². The van der Waals surface area contributed by atoms with Crippen LogP contribution in [0.1, 0.15) is 56.7 Å². The summed E-state index contributed by atoms with van der Waals surface area (Å²) in [4.78, 5) is 29.4. The Morgan fingerprint density at radius 2 is 1.82 bits per heavy atom. The number of hydrogen-bond donors (Lipinski definition) is 2. The highest BCUT2D eigenvalue weighted by Gasteiger charge is 2.25. The molecule has 2 heterocycles. The monoisotopic (exact) mass is 639 g/mol. The van der Waals surface area contributed by atoms with Crippen LogP contribution in [-0.2, 0) is 15.8 Å². The molecule has 0 bridgehead atoms. The van der Waals surface area contributed by atoms with Gasteiger partial charge in [-0.3, -0.25) is 14.1 Å². The fourth-order valence-electron chi connectivity index (χ4n) is 5.82. The maximum Gasteiger partial charge on any atom is 0.278 e. The molecule has 0 saturated heterocycles. The quantitative estimate of drug-likeness (QED) is 0.222. The number of benzene rings is 2. The summed E-state index contributed by atoms with van der Waals surface area (Å²) in [7, 11) is -1.95. The van der Waals surface area contributed by atoms with Gasteiger partial charge in [0.2, 0.25) is 16.0 Å². The molecule has 2 aromatic carbocycles. The number of aromatic nitrogens is 4. The highest BCUT2D eigenvalue weighted by atomic mass is 32.2. The van der Waals surface area contributed by atoms with Gasteiger partial charge in [0.05, 0.1) is 17.6 Å². The molecule has 0 radical (unpaired) electrons. The Labute approximate surface area is 262 Å². The van der Waals surface area contributed by atoms with Crippen LogP contribution < -0.4 is 15.6 Å². The highest BCUT2D eigenvalue weighted by molar-refractivity contribution is 7.91. The molecule has 10 nitrogen and oxygen atoms in total. The van der Waals surface area contributed by atoms with E-state index >= 15 is 4.39 Å². The van der Waals surface area contributed by atoms with Gasteiger partial charge in [-0.25, -0.2) is 27.2 Å². The summed E-state index contributed by atoms with van der Waals surface area (Å²) in [5.41, 5.74) is 1.68. The fourth-order valence-corrected chi connectivity index (χ4v) is 7.13. The summed E-state index contributed by atoms with van der Waals surface area (Å²) >= 11 is 0. The summed E-state index contributed by atoms with van der Waals surface area (Å²) in [5, 5.41) is 3.38. The van der Waals surface area contributed by atoms with Crippen molar-refractivity contribution in [3.05, 3.63) is 76.0 Å². The van der Waals surface area contributed by atoms with Crippen molar-refractivity contribution < 1.29 is 17.2 Å². The van der Waals surface area contributed by atoms with E-state index in [4.69, 9.17) is 0 Å². The zero-order valence-corrected chi connectivity index (χ0v) is 26.7. The van der Waals surface area contributed by atoms with Crippen molar-refractivity contribution in [2.75, 3.05) is 30.3 Å². The van der Waals surface area contributed by atoms with Crippen molar-refractivity contribution in [3.8, 4) is 11.3 Å². The minimum absolute atomic E-state index is 0.00412. The molecule has 240 valence electrons. The fraction of sp³-hybridized carbons (Fsp3) is 0.438. The Morgan fingerprint density at radius 3 is 2.49 bits per heavy atom. The molecule has 4 aromatic rings. The Bertz CT molecular complexity index is 1840. The lowest BCUT2D eigenvalue weighted by Crippen LogP contribution is -2.39. The molecule has 13 heteroatoms. The van der Waals surface area contributed by atoms with Crippen LogP contribution in [0.4, 0.5) is 20.4 Å². The SMILES string of the molecule is Cc1ccccc1CS(=O)(=O)Nc1ccc(-c2nc3cnc(NC4CCC(N(C)CCF)CC4)nc3n(C(C)C)c2=O)cc1F. The largest absolute Gasteiger partial charge is 0.351 e. The van der Waals surface area contributed by atoms with E-state index in [1.165, 1.54) is 22.9 Å². The lowest BCUT2D eigenvalue weighted by atomic mass is 9.90. The van der Waals surface area contributed by atoms with Crippen LogP contribution in [0.3, 0.4) is 0 Å². The first kappa shape index (κ1) is 32.4. The molecule has 45 heavy (non-hydrogen) atoms. The number of hydrogen-bond acceptors (Lipinski definition) is 8. The topological polar surface area (TPSA) is 122 Å². The maximum absolute atomic E-state index is 15.3. The second kappa shape index (κ2) is 13.6. The van der Waals surface area contributed by atoms with Crippen molar-refractivity contribution in [1.29, 1.82) is 0 Å². The van der Waals surface area contributed by atoms with E-state index in [-0.39, 0.29) is 41.5 Å². The highest BCUT2D eigenvalue weighted by Crippen LogP contribution is 2.27. The van der Waals surface area contributed by atoms with E-state index in [1.807, 2.05) is 40.0 Å². The predicted molar refractivity (Wildman–Crippen MR) is 173 cm³/mol. The summed E-state index contributed by atoms with van der Waals surface area (Å²) < 4.78 is 57.4. The lowest BCUT2D eigenvalue weighted by Gasteiger charge is -2.34. The number of halogens is 2.